The molecule has 0 fully saturated rings. The third-order valence-corrected chi connectivity index (χ3v) is 4.40. The Morgan fingerprint density at radius 3 is 2.52 bits per heavy atom. The van der Waals surface area contributed by atoms with Crippen molar-refractivity contribution in [1.82, 2.24) is 0 Å². The van der Waals surface area contributed by atoms with Crippen LogP contribution in [0, 0.1) is 6.92 Å². The molecule has 0 aliphatic heterocycles. The van der Waals surface area contributed by atoms with E-state index in [9.17, 15) is 0 Å². The molecule has 0 bridgehead atoms. The van der Waals surface area contributed by atoms with Gasteiger partial charge in [0, 0.05) is 27.8 Å². The first-order valence-electron chi connectivity index (χ1n) is 8.07. The summed E-state index contributed by atoms with van der Waals surface area (Å²) in [6, 6.07) is 21.6. The Kier molecular flexibility index (Phi) is 5.85. The van der Waals surface area contributed by atoms with Gasteiger partial charge in [-0.1, -0.05) is 59.6 Å². The van der Waals surface area contributed by atoms with Gasteiger partial charge in [-0.2, -0.15) is 0 Å². The molecule has 0 aliphatic carbocycles. The molecule has 3 rings (SSSR count). The van der Waals surface area contributed by atoms with E-state index in [1.165, 1.54) is 0 Å². The van der Waals surface area contributed by atoms with Gasteiger partial charge in [-0.15, -0.1) is 0 Å². The molecule has 0 saturated carbocycles. The molecule has 0 unspecified atom stereocenters. The number of rotatable bonds is 6. The highest BCUT2D eigenvalue weighted by atomic mass is 35.5. The van der Waals surface area contributed by atoms with Crippen LogP contribution >= 0.6 is 23.2 Å². The number of halogens is 2. The highest BCUT2D eigenvalue weighted by Gasteiger charge is 2.05. The first-order chi connectivity index (χ1) is 12.1. The van der Waals surface area contributed by atoms with E-state index in [-0.39, 0.29) is 0 Å². The van der Waals surface area contributed by atoms with E-state index in [0.717, 1.165) is 33.1 Å². The lowest BCUT2D eigenvalue weighted by Crippen LogP contribution is -2.04. The molecule has 4 heteroatoms. The summed E-state index contributed by atoms with van der Waals surface area (Å²) >= 11 is 12.1. The largest absolute Gasteiger partial charge is 0.489 e. The second-order valence-corrected chi connectivity index (χ2v) is 6.71. The summed E-state index contributed by atoms with van der Waals surface area (Å²) in [6.07, 6.45) is 0. The van der Waals surface area contributed by atoms with E-state index in [0.29, 0.717) is 18.2 Å². The predicted molar refractivity (Wildman–Crippen MR) is 106 cm³/mol. The van der Waals surface area contributed by atoms with Crippen molar-refractivity contribution >= 4 is 28.9 Å². The zero-order chi connectivity index (χ0) is 17.6. The maximum atomic E-state index is 6.08. The molecule has 3 aromatic carbocycles. The molecular weight excluding hydrogens is 353 g/mol. The summed E-state index contributed by atoms with van der Waals surface area (Å²) in [4.78, 5) is 0. The Labute approximate surface area is 158 Å². The van der Waals surface area contributed by atoms with Crippen LogP contribution in [0.5, 0.6) is 5.75 Å². The van der Waals surface area contributed by atoms with Crippen LogP contribution in [-0.2, 0) is 13.2 Å². The van der Waals surface area contributed by atoms with Crippen LogP contribution in [0.15, 0.2) is 66.7 Å². The summed E-state index contributed by atoms with van der Waals surface area (Å²) in [5.74, 6) is 0.856. The van der Waals surface area contributed by atoms with Gasteiger partial charge >= 0.3 is 0 Å². The summed E-state index contributed by atoms with van der Waals surface area (Å²) in [6.45, 7) is 3.20. The zero-order valence-electron chi connectivity index (χ0n) is 13.9. The van der Waals surface area contributed by atoms with Gasteiger partial charge in [-0.3, -0.25) is 0 Å². The summed E-state index contributed by atoms with van der Waals surface area (Å²) < 4.78 is 6.00. The van der Waals surface area contributed by atoms with Crippen LogP contribution in [0.1, 0.15) is 16.7 Å². The van der Waals surface area contributed by atoms with Gasteiger partial charge in [0.25, 0.3) is 0 Å². The van der Waals surface area contributed by atoms with Gasteiger partial charge in [-0.25, -0.2) is 0 Å². The van der Waals surface area contributed by atoms with Crippen molar-refractivity contribution in [2.24, 2.45) is 0 Å². The fourth-order valence-electron chi connectivity index (χ4n) is 2.55. The Morgan fingerprint density at radius 1 is 0.880 bits per heavy atom. The van der Waals surface area contributed by atoms with Gasteiger partial charge in [-0.05, 0) is 48.4 Å². The van der Waals surface area contributed by atoms with Crippen molar-refractivity contribution in [2.75, 3.05) is 5.32 Å². The molecule has 0 saturated heterocycles. The van der Waals surface area contributed by atoms with E-state index in [4.69, 9.17) is 27.9 Å². The van der Waals surface area contributed by atoms with Gasteiger partial charge in [0.15, 0.2) is 0 Å². The Hall–Kier alpha value is -2.16. The van der Waals surface area contributed by atoms with Crippen molar-refractivity contribution < 1.29 is 4.74 Å². The van der Waals surface area contributed by atoms with Crippen molar-refractivity contribution in [3.63, 3.8) is 0 Å². The van der Waals surface area contributed by atoms with Crippen molar-refractivity contribution in [1.29, 1.82) is 0 Å². The summed E-state index contributed by atoms with van der Waals surface area (Å²) in [5.41, 5.74) is 4.31. The van der Waals surface area contributed by atoms with Crippen LogP contribution in [0.2, 0.25) is 10.0 Å². The Morgan fingerprint density at radius 2 is 1.68 bits per heavy atom. The van der Waals surface area contributed by atoms with E-state index in [2.05, 4.69) is 18.3 Å². The number of ether oxygens (including phenoxy) is 1. The molecule has 0 radical (unpaired) electrons. The standard InChI is InChI=1S/C21H19Cl2NO/c1-15-9-10-19(23)12-20(15)24-13-17-6-2-3-8-21(17)25-14-16-5-4-7-18(22)11-16/h2-12,24H,13-14H2,1H3. The quantitative estimate of drug-likeness (QED) is 0.534. The van der Waals surface area contributed by atoms with Gasteiger partial charge in [0.05, 0.1) is 0 Å². The lowest BCUT2D eigenvalue weighted by atomic mass is 10.1. The number of para-hydroxylation sites is 1. The second kappa shape index (κ2) is 8.28. The molecular formula is C21H19Cl2NO. The fourth-order valence-corrected chi connectivity index (χ4v) is 2.94. The minimum Gasteiger partial charge on any atom is -0.489 e. The fraction of sp³-hybridized carbons (Fsp3) is 0.143. The molecule has 2 nitrogen and oxygen atoms in total. The van der Waals surface area contributed by atoms with Crippen molar-refractivity contribution in [3.8, 4) is 5.75 Å². The van der Waals surface area contributed by atoms with E-state index >= 15 is 0 Å². The van der Waals surface area contributed by atoms with Gasteiger partial charge in [0.2, 0.25) is 0 Å². The van der Waals surface area contributed by atoms with Crippen molar-refractivity contribution in [3.05, 3.63) is 93.5 Å². The van der Waals surface area contributed by atoms with Crippen molar-refractivity contribution in [2.45, 2.75) is 20.1 Å². The highest BCUT2D eigenvalue weighted by molar-refractivity contribution is 6.31. The van der Waals surface area contributed by atoms with Gasteiger partial charge in [0.1, 0.15) is 12.4 Å². The molecule has 1 N–H and O–H groups in total. The Balaban J connectivity index is 1.69. The lowest BCUT2D eigenvalue weighted by molar-refractivity contribution is 0.303. The lowest BCUT2D eigenvalue weighted by Gasteiger charge is -2.14. The third-order valence-electron chi connectivity index (χ3n) is 3.92. The maximum absolute atomic E-state index is 6.08. The second-order valence-electron chi connectivity index (χ2n) is 5.84. The molecule has 0 aromatic heterocycles. The number of aryl methyl sites for hydroxylation is 1. The summed E-state index contributed by atoms with van der Waals surface area (Å²) in [7, 11) is 0. The summed E-state index contributed by atoms with van der Waals surface area (Å²) in [5, 5.41) is 4.87. The van der Waals surface area contributed by atoms with E-state index in [1.54, 1.807) is 0 Å². The minimum atomic E-state index is 0.480. The maximum Gasteiger partial charge on any atom is 0.124 e. The molecule has 0 spiro atoms. The number of hydrogen-bond donors (Lipinski definition) is 1. The molecule has 0 amide bonds. The average Bonchev–Trinajstić information content (AvgIpc) is 2.61. The molecule has 25 heavy (non-hydrogen) atoms. The molecule has 0 atom stereocenters. The van der Waals surface area contributed by atoms with Crippen LogP contribution in [0.25, 0.3) is 0 Å². The zero-order valence-corrected chi connectivity index (χ0v) is 15.4. The van der Waals surface area contributed by atoms with Crippen LogP contribution in [0.4, 0.5) is 5.69 Å². The van der Waals surface area contributed by atoms with Crippen LogP contribution < -0.4 is 10.1 Å². The first kappa shape index (κ1) is 17.7. The first-order valence-corrected chi connectivity index (χ1v) is 8.82. The number of nitrogens with one attached hydrogen (secondary N) is 1. The average molecular weight is 372 g/mol. The van der Waals surface area contributed by atoms with Crippen LogP contribution in [0.3, 0.4) is 0 Å². The van der Waals surface area contributed by atoms with E-state index in [1.807, 2.05) is 60.7 Å². The normalized spacial score (nSPS) is 10.5. The highest BCUT2D eigenvalue weighted by Crippen LogP contribution is 2.24. The number of benzene rings is 3. The SMILES string of the molecule is Cc1ccc(Cl)cc1NCc1ccccc1OCc1cccc(Cl)c1. The Bertz CT molecular complexity index is 864. The third kappa shape index (κ3) is 4.91. The monoisotopic (exact) mass is 371 g/mol. The number of anilines is 1. The molecule has 0 aliphatic rings. The smallest absolute Gasteiger partial charge is 0.124 e. The van der Waals surface area contributed by atoms with Crippen LogP contribution in [-0.4, -0.2) is 0 Å². The topological polar surface area (TPSA) is 21.3 Å². The molecule has 3 aromatic rings. The molecule has 0 heterocycles. The number of hydrogen-bond acceptors (Lipinski definition) is 2. The minimum absolute atomic E-state index is 0.480. The van der Waals surface area contributed by atoms with Gasteiger partial charge < -0.3 is 10.1 Å². The molecule has 128 valence electrons. The van der Waals surface area contributed by atoms with E-state index < -0.39 is 0 Å². The predicted octanol–water partition coefficient (Wildman–Crippen LogP) is 6.49.